The third-order valence-electron chi connectivity index (χ3n) is 4.40. The molecule has 0 heterocycles. The SMILES string of the molecule is O=[N+]([O-])c1ccccc1-c1ccc(-c2ccccc2)c2ccccc12. The van der Waals surface area contributed by atoms with Gasteiger partial charge >= 0.3 is 0 Å². The zero-order valence-electron chi connectivity index (χ0n) is 13.4. The molecule has 0 aliphatic heterocycles. The van der Waals surface area contributed by atoms with Crippen molar-refractivity contribution >= 4 is 16.5 Å². The van der Waals surface area contributed by atoms with E-state index in [1.54, 1.807) is 12.1 Å². The number of para-hydroxylation sites is 1. The number of rotatable bonds is 3. The molecule has 4 aromatic carbocycles. The van der Waals surface area contributed by atoms with Crippen LogP contribution in [-0.4, -0.2) is 4.92 Å². The lowest BCUT2D eigenvalue weighted by Gasteiger charge is -2.12. The van der Waals surface area contributed by atoms with E-state index in [2.05, 4.69) is 18.2 Å². The van der Waals surface area contributed by atoms with Gasteiger partial charge in [-0.25, -0.2) is 0 Å². The maximum atomic E-state index is 11.4. The summed E-state index contributed by atoms with van der Waals surface area (Å²) in [4.78, 5) is 11.1. The van der Waals surface area contributed by atoms with Crippen molar-refractivity contribution in [1.82, 2.24) is 0 Å². The van der Waals surface area contributed by atoms with Crippen LogP contribution in [0.15, 0.2) is 91.0 Å². The molecule has 120 valence electrons. The minimum absolute atomic E-state index is 0.125. The number of hydrogen-bond donors (Lipinski definition) is 0. The number of hydrogen-bond acceptors (Lipinski definition) is 2. The minimum atomic E-state index is -0.324. The van der Waals surface area contributed by atoms with Crippen LogP contribution < -0.4 is 0 Å². The zero-order valence-corrected chi connectivity index (χ0v) is 13.4. The van der Waals surface area contributed by atoms with Crippen LogP contribution in [0.3, 0.4) is 0 Å². The molecule has 0 aromatic heterocycles. The molecule has 0 unspecified atom stereocenters. The van der Waals surface area contributed by atoms with Gasteiger partial charge in [-0.1, -0.05) is 78.9 Å². The van der Waals surface area contributed by atoms with Crippen molar-refractivity contribution in [2.24, 2.45) is 0 Å². The van der Waals surface area contributed by atoms with E-state index >= 15 is 0 Å². The van der Waals surface area contributed by atoms with Crippen molar-refractivity contribution in [3.8, 4) is 22.3 Å². The molecule has 4 aromatic rings. The van der Waals surface area contributed by atoms with Gasteiger partial charge in [0.05, 0.1) is 10.5 Å². The van der Waals surface area contributed by atoms with Crippen molar-refractivity contribution in [1.29, 1.82) is 0 Å². The molecule has 0 saturated heterocycles. The molecule has 0 atom stereocenters. The number of nitro benzene ring substituents is 1. The Labute approximate surface area is 145 Å². The highest BCUT2D eigenvalue weighted by atomic mass is 16.6. The average Bonchev–Trinajstić information content (AvgIpc) is 2.68. The smallest absolute Gasteiger partial charge is 0.258 e. The first-order valence-corrected chi connectivity index (χ1v) is 8.06. The van der Waals surface area contributed by atoms with Crippen LogP contribution >= 0.6 is 0 Å². The van der Waals surface area contributed by atoms with Gasteiger partial charge in [-0.2, -0.15) is 0 Å². The second kappa shape index (κ2) is 6.21. The van der Waals surface area contributed by atoms with Gasteiger partial charge in [0.25, 0.3) is 5.69 Å². The van der Waals surface area contributed by atoms with E-state index in [0.29, 0.717) is 5.56 Å². The topological polar surface area (TPSA) is 43.1 Å². The van der Waals surface area contributed by atoms with Gasteiger partial charge in [0, 0.05) is 6.07 Å². The molecule has 3 nitrogen and oxygen atoms in total. The van der Waals surface area contributed by atoms with Crippen molar-refractivity contribution in [3.63, 3.8) is 0 Å². The fraction of sp³-hybridized carbons (Fsp3) is 0. The molecule has 0 amide bonds. The summed E-state index contributed by atoms with van der Waals surface area (Å²) < 4.78 is 0. The highest BCUT2D eigenvalue weighted by Gasteiger charge is 2.17. The Morgan fingerprint density at radius 2 is 1.12 bits per heavy atom. The monoisotopic (exact) mass is 325 g/mol. The first kappa shape index (κ1) is 15.1. The molecule has 0 N–H and O–H groups in total. The van der Waals surface area contributed by atoms with Gasteiger partial charge in [0.1, 0.15) is 0 Å². The predicted molar refractivity (Wildman–Crippen MR) is 101 cm³/mol. The summed E-state index contributed by atoms with van der Waals surface area (Å²) >= 11 is 0. The minimum Gasteiger partial charge on any atom is -0.258 e. The zero-order chi connectivity index (χ0) is 17.2. The van der Waals surface area contributed by atoms with Crippen LogP contribution in [0.2, 0.25) is 0 Å². The Morgan fingerprint density at radius 1 is 0.560 bits per heavy atom. The van der Waals surface area contributed by atoms with Crippen molar-refractivity contribution in [3.05, 3.63) is 101 Å². The van der Waals surface area contributed by atoms with E-state index in [1.165, 1.54) is 0 Å². The fourth-order valence-electron chi connectivity index (χ4n) is 3.26. The van der Waals surface area contributed by atoms with E-state index in [4.69, 9.17) is 0 Å². The van der Waals surface area contributed by atoms with Gasteiger partial charge in [0.15, 0.2) is 0 Å². The molecule has 0 saturated carbocycles. The normalized spacial score (nSPS) is 10.7. The summed E-state index contributed by atoms with van der Waals surface area (Å²) in [5.74, 6) is 0. The summed E-state index contributed by atoms with van der Waals surface area (Å²) in [5.41, 5.74) is 3.90. The first-order chi connectivity index (χ1) is 12.3. The van der Waals surface area contributed by atoms with Crippen LogP contribution in [-0.2, 0) is 0 Å². The molecule has 0 aliphatic rings. The molecule has 0 fully saturated rings. The predicted octanol–water partition coefficient (Wildman–Crippen LogP) is 6.08. The molecule has 0 spiro atoms. The molecule has 4 rings (SSSR count). The summed E-state index contributed by atoms with van der Waals surface area (Å²) in [6, 6.07) is 29.1. The molecular formula is C22H15NO2. The van der Waals surface area contributed by atoms with Gasteiger partial charge < -0.3 is 0 Å². The van der Waals surface area contributed by atoms with Crippen LogP contribution in [0.4, 0.5) is 5.69 Å². The van der Waals surface area contributed by atoms with Gasteiger partial charge in [-0.3, -0.25) is 10.1 Å². The third-order valence-corrected chi connectivity index (χ3v) is 4.40. The van der Waals surface area contributed by atoms with Gasteiger partial charge in [-0.15, -0.1) is 0 Å². The fourth-order valence-corrected chi connectivity index (χ4v) is 3.26. The van der Waals surface area contributed by atoms with Gasteiger partial charge in [0.2, 0.25) is 0 Å². The Hall–Kier alpha value is -3.46. The highest BCUT2D eigenvalue weighted by Crippen LogP contribution is 2.38. The van der Waals surface area contributed by atoms with Crippen LogP contribution in [0, 0.1) is 10.1 Å². The number of fused-ring (bicyclic) bond motifs is 1. The highest BCUT2D eigenvalue weighted by molar-refractivity contribution is 6.05. The van der Waals surface area contributed by atoms with Crippen molar-refractivity contribution in [2.45, 2.75) is 0 Å². The van der Waals surface area contributed by atoms with Crippen LogP contribution in [0.25, 0.3) is 33.0 Å². The third kappa shape index (κ3) is 2.66. The van der Waals surface area contributed by atoms with Crippen LogP contribution in [0.1, 0.15) is 0 Å². The Morgan fingerprint density at radius 3 is 1.84 bits per heavy atom. The molecule has 25 heavy (non-hydrogen) atoms. The maximum absolute atomic E-state index is 11.4. The number of nitrogens with zero attached hydrogens (tertiary/aromatic N) is 1. The molecule has 0 bridgehead atoms. The van der Waals surface area contributed by atoms with E-state index < -0.39 is 0 Å². The second-order valence-electron chi connectivity index (χ2n) is 5.85. The average molecular weight is 325 g/mol. The van der Waals surface area contributed by atoms with E-state index in [-0.39, 0.29) is 10.6 Å². The quantitative estimate of drug-likeness (QED) is 0.338. The molecule has 3 heteroatoms. The summed E-state index contributed by atoms with van der Waals surface area (Å²) in [7, 11) is 0. The van der Waals surface area contributed by atoms with E-state index in [0.717, 1.165) is 27.5 Å². The lowest BCUT2D eigenvalue weighted by Crippen LogP contribution is -1.93. The summed E-state index contributed by atoms with van der Waals surface area (Å²) in [6.07, 6.45) is 0. The first-order valence-electron chi connectivity index (χ1n) is 8.06. The lowest BCUT2D eigenvalue weighted by molar-refractivity contribution is -0.384. The molecule has 0 aliphatic carbocycles. The van der Waals surface area contributed by atoms with E-state index in [9.17, 15) is 10.1 Å². The molecule has 0 radical (unpaired) electrons. The van der Waals surface area contributed by atoms with Gasteiger partial charge in [-0.05, 0) is 33.5 Å². The Balaban J connectivity index is 2.02. The van der Waals surface area contributed by atoms with Crippen LogP contribution in [0.5, 0.6) is 0 Å². The Kier molecular flexibility index (Phi) is 3.75. The number of nitro groups is 1. The Bertz CT molecular complexity index is 1070. The molecular weight excluding hydrogens is 310 g/mol. The maximum Gasteiger partial charge on any atom is 0.277 e. The summed E-state index contributed by atoms with van der Waals surface area (Å²) in [5, 5.41) is 13.5. The lowest BCUT2D eigenvalue weighted by atomic mass is 9.91. The second-order valence-corrected chi connectivity index (χ2v) is 5.85. The largest absolute Gasteiger partial charge is 0.277 e. The van der Waals surface area contributed by atoms with Crippen molar-refractivity contribution < 1.29 is 4.92 Å². The number of benzene rings is 4. The van der Waals surface area contributed by atoms with E-state index in [1.807, 2.05) is 60.7 Å². The standard InChI is InChI=1S/C22H15NO2/c24-23(25)22-13-7-6-12-21(22)20-15-14-17(16-8-2-1-3-9-16)18-10-4-5-11-19(18)20/h1-15H. The van der Waals surface area contributed by atoms with Crippen molar-refractivity contribution in [2.75, 3.05) is 0 Å². The summed E-state index contributed by atoms with van der Waals surface area (Å²) in [6.45, 7) is 0.